The van der Waals surface area contributed by atoms with Crippen LogP contribution in [0.25, 0.3) is 16.2 Å². The molecule has 0 N–H and O–H groups in total. The Morgan fingerprint density at radius 3 is 2.42 bits per heavy atom. The highest BCUT2D eigenvalue weighted by Crippen LogP contribution is 2.30. The molecule has 0 fully saturated rings. The first kappa shape index (κ1) is 16.9. The summed E-state index contributed by atoms with van der Waals surface area (Å²) in [6, 6.07) is 2.12. The molecule has 0 unspecified atom stereocenters. The largest absolute Gasteiger partial charge is 0.292 e. The molecule has 3 aromatic heterocycles. The zero-order valence-electron chi connectivity index (χ0n) is 15.2. The smallest absolute Gasteiger partial charge is 0.278 e. The van der Waals surface area contributed by atoms with Gasteiger partial charge in [-0.3, -0.25) is 9.36 Å². The standard InChI is InChI=1S/C18H24N4OS/c1-7-13(8-2)14-9-10(3)22-15(14)18(23)21(6)17(20-22)16-11(4)19-12(5)24-16/h9,13H,7-8H2,1-6H3. The van der Waals surface area contributed by atoms with Crippen molar-refractivity contribution >= 4 is 16.9 Å². The van der Waals surface area contributed by atoms with E-state index in [2.05, 4.69) is 24.9 Å². The number of thiazole rings is 1. The van der Waals surface area contributed by atoms with Crippen LogP contribution < -0.4 is 5.56 Å². The van der Waals surface area contributed by atoms with Crippen molar-refractivity contribution in [2.24, 2.45) is 7.05 Å². The molecule has 3 rings (SSSR count). The molecule has 0 aliphatic heterocycles. The van der Waals surface area contributed by atoms with Crippen molar-refractivity contribution in [2.45, 2.75) is 53.4 Å². The van der Waals surface area contributed by atoms with Crippen LogP contribution in [0.2, 0.25) is 0 Å². The summed E-state index contributed by atoms with van der Waals surface area (Å²) < 4.78 is 3.49. The second kappa shape index (κ2) is 6.16. The second-order valence-electron chi connectivity index (χ2n) is 6.35. The zero-order chi connectivity index (χ0) is 17.6. The minimum Gasteiger partial charge on any atom is -0.292 e. The molecule has 6 heteroatoms. The Morgan fingerprint density at radius 1 is 1.21 bits per heavy atom. The highest BCUT2D eigenvalue weighted by molar-refractivity contribution is 7.15. The molecule has 0 aliphatic rings. The fourth-order valence-corrected chi connectivity index (χ4v) is 4.33. The maximum absolute atomic E-state index is 13.1. The average molecular weight is 344 g/mol. The minimum atomic E-state index is 0.0143. The van der Waals surface area contributed by atoms with Gasteiger partial charge in [0, 0.05) is 12.7 Å². The Kier molecular flexibility index (Phi) is 4.34. The molecule has 0 spiro atoms. The van der Waals surface area contributed by atoms with Gasteiger partial charge < -0.3 is 0 Å². The fraction of sp³-hybridized carbons (Fsp3) is 0.500. The van der Waals surface area contributed by atoms with Gasteiger partial charge in [-0.2, -0.15) is 0 Å². The van der Waals surface area contributed by atoms with Crippen molar-refractivity contribution in [3.63, 3.8) is 0 Å². The summed E-state index contributed by atoms with van der Waals surface area (Å²) in [7, 11) is 1.80. The zero-order valence-corrected chi connectivity index (χ0v) is 16.0. The molecule has 24 heavy (non-hydrogen) atoms. The first-order valence-corrected chi connectivity index (χ1v) is 9.24. The molecule has 0 aromatic carbocycles. The van der Waals surface area contributed by atoms with Crippen LogP contribution in [0.3, 0.4) is 0 Å². The van der Waals surface area contributed by atoms with Gasteiger partial charge in [0.2, 0.25) is 0 Å². The van der Waals surface area contributed by atoms with Gasteiger partial charge in [0.1, 0.15) is 5.52 Å². The van der Waals surface area contributed by atoms with E-state index in [1.54, 1.807) is 23.0 Å². The van der Waals surface area contributed by atoms with E-state index in [9.17, 15) is 4.79 Å². The van der Waals surface area contributed by atoms with Crippen molar-refractivity contribution in [2.75, 3.05) is 0 Å². The molecular weight excluding hydrogens is 320 g/mol. The molecule has 0 saturated carbocycles. The Bertz CT molecular complexity index is 960. The molecule has 0 bridgehead atoms. The summed E-state index contributed by atoms with van der Waals surface area (Å²) in [5, 5.41) is 5.79. The van der Waals surface area contributed by atoms with Gasteiger partial charge in [0.05, 0.1) is 15.6 Å². The van der Waals surface area contributed by atoms with Gasteiger partial charge in [0.15, 0.2) is 5.82 Å². The number of aryl methyl sites for hydroxylation is 3. The lowest BCUT2D eigenvalue weighted by Gasteiger charge is -2.12. The maximum Gasteiger partial charge on any atom is 0.278 e. The Morgan fingerprint density at radius 2 is 1.88 bits per heavy atom. The summed E-state index contributed by atoms with van der Waals surface area (Å²) in [5.41, 5.74) is 3.77. The lowest BCUT2D eigenvalue weighted by Crippen LogP contribution is -2.24. The predicted molar refractivity (Wildman–Crippen MR) is 99.1 cm³/mol. The van der Waals surface area contributed by atoms with Crippen LogP contribution in [-0.4, -0.2) is 19.2 Å². The van der Waals surface area contributed by atoms with Crippen LogP contribution >= 0.6 is 11.3 Å². The molecule has 0 atom stereocenters. The summed E-state index contributed by atoms with van der Waals surface area (Å²) in [6.07, 6.45) is 2.04. The molecule has 0 radical (unpaired) electrons. The maximum atomic E-state index is 13.1. The first-order chi connectivity index (χ1) is 11.4. The third-order valence-corrected chi connectivity index (χ3v) is 5.80. The number of hydrogen-bond donors (Lipinski definition) is 0. The van der Waals surface area contributed by atoms with Gasteiger partial charge in [0.25, 0.3) is 5.56 Å². The molecule has 128 valence electrons. The monoisotopic (exact) mass is 344 g/mol. The fourth-order valence-electron chi connectivity index (χ4n) is 3.39. The quantitative estimate of drug-likeness (QED) is 0.719. The average Bonchev–Trinajstić information content (AvgIpc) is 3.04. The van der Waals surface area contributed by atoms with Crippen molar-refractivity contribution < 1.29 is 0 Å². The number of rotatable bonds is 4. The lowest BCUT2D eigenvalue weighted by molar-refractivity contribution is 0.644. The van der Waals surface area contributed by atoms with Crippen molar-refractivity contribution in [3.8, 4) is 10.7 Å². The van der Waals surface area contributed by atoms with Crippen LogP contribution in [0, 0.1) is 20.8 Å². The van der Waals surface area contributed by atoms with Crippen LogP contribution in [0.4, 0.5) is 0 Å². The van der Waals surface area contributed by atoms with Crippen molar-refractivity contribution in [1.82, 2.24) is 19.2 Å². The van der Waals surface area contributed by atoms with Crippen LogP contribution in [0.5, 0.6) is 0 Å². The van der Waals surface area contributed by atoms with E-state index in [-0.39, 0.29) is 5.56 Å². The van der Waals surface area contributed by atoms with E-state index >= 15 is 0 Å². The number of hydrogen-bond acceptors (Lipinski definition) is 4. The van der Waals surface area contributed by atoms with E-state index in [1.165, 1.54) is 0 Å². The SMILES string of the molecule is CCC(CC)c1cc(C)n2nc(-c3sc(C)nc3C)n(C)c(=O)c12. The molecule has 0 aliphatic carbocycles. The molecule has 5 nitrogen and oxygen atoms in total. The van der Waals surface area contributed by atoms with Gasteiger partial charge >= 0.3 is 0 Å². The summed E-state index contributed by atoms with van der Waals surface area (Å²) in [5.74, 6) is 1.08. The lowest BCUT2D eigenvalue weighted by atomic mass is 9.95. The third-order valence-electron chi connectivity index (χ3n) is 4.74. The van der Waals surface area contributed by atoms with Crippen LogP contribution in [0.15, 0.2) is 10.9 Å². The Balaban J connectivity index is 2.35. The molecule has 3 aromatic rings. The molecular formula is C18H24N4OS. The Labute approximate surface area is 146 Å². The first-order valence-electron chi connectivity index (χ1n) is 8.42. The van der Waals surface area contributed by atoms with E-state index in [0.717, 1.165) is 39.7 Å². The van der Waals surface area contributed by atoms with Crippen LogP contribution in [0.1, 0.15) is 54.6 Å². The highest BCUT2D eigenvalue weighted by Gasteiger charge is 2.21. The number of nitrogens with zero attached hydrogens (tertiary/aromatic N) is 4. The number of fused-ring (bicyclic) bond motifs is 1. The van der Waals surface area contributed by atoms with Crippen molar-refractivity contribution in [1.29, 1.82) is 0 Å². The number of aromatic nitrogens is 4. The molecule has 3 heterocycles. The highest BCUT2D eigenvalue weighted by atomic mass is 32.1. The minimum absolute atomic E-state index is 0.0143. The third kappa shape index (κ3) is 2.49. The normalized spacial score (nSPS) is 11.8. The van der Waals surface area contributed by atoms with Crippen LogP contribution in [-0.2, 0) is 7.05 Å². The van der Waals surface area contributed by atoms with Gasteiger partial charge in [-0.05, 0) is 51.2 Å². The summed E-state index contributed by atoms with van der Waals surface area (Å²) >= 11 is 1.58. The van der Waals surface area contributed by atoms with E-state index in [4.69, 9.17) is 5.10 Å². The van der Waals surface area contributed by atoms with Gasteiger partial charge in [-0.25, -0.2) is 9.50 Å². The van der Waals surface area contributed by atoms with Crippen molar-refractivity contribution in [3.05, 3.63) is 38.4 Å². The topological polar surface area (TPSA) is 52.2 Å². The summed E-state index contributed by atoms with van der Waals surface area (Å²) in [4.78, 5) is 18.5. The van der Waals surface area contributed by atoms with E-state index < -0.39 is 0 Å². The Hall–Kier alpha value is -1.95. The van der Waals surface area contributed by atoms with Gasteiger partial charge in [-0.1, -0.05) is 13.8 Å². The molecule has 0 amide bonds. The van der Waals surface area contributed by atoms with Gasteiger partial charge in [-0.15, -0.1) is 16.4 Å². The van der Waals surface area contributed by atoms with E-state index in [1.807, 2.05) is 25.3 Å². The summed E-state index contributed by atoms with van der Waals surface area (Å²) in [6.45, 7) is 10.3. The van der Waals surface area contributed by atoms with E-state index in [0.29, 0.717) is 17.3 Å². The predicted octanol–water partition coefficient (Wildman–Crippen LogP) is 3.99. The molecule has 0 saturated heterocycles. The second-order valence-corrected chi connectivity index (χ2v) is 7.55.